The molecule has 3 aromatic rings. The highest BCUT2D eigenvalue weighted by atomic mass is 16.5. The van der Waals surface area contributed by atoms with Crippen LogP contribution in [-0.2, 0) is 17.6 Å². The number of carbonyl (C=O) groups excluding carboxylic acids is 1. The second-order valence-corrected chi connectivity index (χ2v) is 6.98. The van der Waals surface area contributed by atoms with Crippen LogP contribution in [0.2, 0.25) is 0 Å². The Kier molecular flexibility index (Phi) is 4.67. The zero-order valence-corrected chi connectivity index (χ0v) is 15.7. The molecule has 0 bridgehead atoms. The Labute approximate surface area is 159 Å². The first-order valence-electron chi connectivity index (χ1n) is 9.28. The number of aromatic nitrogens is 2. The number of rotatable bonds is 5. The van der Waals surface area contributed by atoms with E-state index in [9.17, 15) is 4.79 Å². The molecule has 1 aromatic heterocycles. The molecule has 0 fully saturated rings. The van der Waals surface area contributed by atoms with E-state index in [-0.39, 0.29) is 12.5 Å². The van der Waals surface area contributed by atoms with Gasteiger partial charge in [-0.25, -0.2) is 4.68 Å². The van der Waals surface area contributed by atoms with Crippen LogP contribution >= 0.6 is 0 Å². The van der Waals surface area contributed by atoms with Crippen molar-refractivity contribution in [2.75, 3.05) is 11.9 Å². The zero-order valence-electron chi connectivity index (χ0n) is 15.7. The van der Waals surface area contributed by atoms with Crippen molar-refractivity contribution in [3.63, 3.8) is 0 Å². The number of nitrogens with zero attached hydrogens (tertiary/aromatic N) is 2. The first-order valence-corrected chi connectivity index (χ1v) is 9.28. The van der Waals surface area contributed by atoms with Crippen LogP contribution in [0, 0.1) is 13.8 Å². The molecule has 0 atom stereocenters. The molecule has 4 rings (SSSR count). The fourth-order valence-electron chi connectivity index (χ4n) is 3.55. The van der Waals surface area contributed by atoms with E-state index in [0.717, 1.165) is 53.3 Å². The van der Waals surface area contributed by atoms with E-state index in [4.69, 9.17) is 9.84 Å². The quantitative estimate of drug-likeness (QED) is 0.747. The molecule has 1 aliphatic carbocycles. The molecule has 1 aliphatic rings. The van der Waals surface area contributed by atoms with Crippen molar-refractivity contribution in [3.05, 3.63) is 70.9 Å². The number of carbonyl (C=O) groups is 1. The average Bonchev–Trinajstić information content (AvgIpc) is 3.24. The second-order valence-electron chi connectivity index (χ2n) is 6.98. The maximum atomic E-state index is 12.6. The molecule has 0 aliphatic heterocycles. The van der Waals surface area contributed by atoms with E-state index in [1.807, 2.05) is 67.1 Å². The minimum absolute atomic E-state index is 0.0291. The summed E-state index contributed by atoms with van der Waals surface area (Å²) in [6.45, 7) is 3.99. The number of nitrogens with one attached hydrogen (secondary N) is 1. The Hall–Kier alpha value is -3.08. The van der Waals surface area contributed by atoms with Gasteiger partial charge in [0.25, 0.3) is 5.91 Å². The van der Waals surface area contributed by atoms with Gasteiger partial charge in [0.2, 0.25) is 0 Å². The highest BCUT2D eigenvalue weighted by Gasteiger charge is 2.24. The van der Waals surface area contributed by atoms with Gasteiger partial charge in [-0.1, -0.05) is 35.9 Å². The molecule has 5 nitrogen and oxygen atoms in total. The number of anilines is 1. The molecular formula is C22H23N3O2. The van der Waals surface area contributed by atoms with Crippen molar-refractivity contribution in [3.8, 4) is 11.4 Å². The van der Waals surface area contributed by atoms with E-state index < -0.39 is 0 Å². The molecule has 27 heavy (non-hydrogen) atoms. The lowest BCUT2D eigenvalue weighted by molar-refractivity contribution is -0.118. The van der Waals surface area contributed by atoms with Gasteiger partial charge >= 0.3 is 0 Å². The highest BCUT2D eigenvalue weighted by Crippen LogP contribution is 2.31. The molecule has 1 heterocycles. The molecule has 0 radical (unpaired) electrons. The monoisotopic (exact) mass is 361 g/mol. The molecule has 0 saturated heterocycles. The standard InChI is InChI=1S/C22H23N3O2/c1-15-11-12-20(16(2)13-15)27-14-21(26)23-22-18-9-6-10-19(18)24-25(22)17-7-4-3-5-8-17/h3-5,7-8,11-13H,6,9-10,14H2,1-2H3,(H,23,26). The molecular weight excluding hydrogens is 338 g/mol. The number of benzene rings is 2. The smallest absolute Gasteiger partial charge is 0.263 e. The van der Waals surface area contributed by atoms with Crippen molar-refractivity contribution >= 4 is 11.7 Å². The van der Waals surface area contributed by atoms with Gasteiger partial charge in [0, 0.05) is 5.56 Å². The summed E-state index contributed by atoms with van der Waals surface area (Å²) in [7, 11) is 0. The number of para-hydroxylation sites is 1. The Morgan fingerprint density at radius 2 is 1.96 bits per heavy atom. The van der Waals surface area contributed by atoms with Gasteiger partial charge in [0.05, 0.1) is 11.4 Å². The van der Waals surface area contributed by atoms with Gasteiger partial charge < -0.3 is 10.1 Å². The predicted molar refractivity (Wildman–Crippen MR) is 106 cm³/mol. The molecule has 2 aromatic carbocycles. The first-order chi connectivity index (χ1) is 13.1. The first kappa shape index (κ1) is 17.3. The fourth-order valence-corrected chi connectivity index (χ4v) is 3.55. The Morgan fingerprint density at radius 1 is 1.15 bits per heavy atom. The molecule has 5 heteroatoms. The summed E-state index contributed by atoms with van der Waals surface area (Å²) in [6, 6.07) is 15.8. The van der Waals surface area contributed by atoms with Crippen molar-refractivity contribution in [2.45, 2.75) is 33.1 Å². The normalized spacial score (nSPS) is 12.7. The molecule has 0 spiro atoms. The minimum Gasteiger partial charge on any atom is -0.483 e. The maximum absolute atomic E-state index is 12.6. The van der Waals surface area contributed by atoms with Crippen LogP contribution in [-0.4, -0.2) is 22.3 Å². The van der Waals surface area contributed by atoms with Crippen LogP contribution in [0.15, 0.2) is 48.5 Å². The van der Waals surface area contributed by atoms with Gasteiger partial charge in [-0.3, -0.25) is 4.79 Å². The van der Waals surface area contributed by atoms with E-state index in [0.29, 0.717) is 0 Å². The van der Waals surface area contributed by atoms with Gasteiger partial charge in [0.1, 0.15) is 11.6 Å². The third-order valence-corrected chi connectivity index (χ3v) is 4.85. The van der Waals surface area contributed by atoms with E-state index in [1.165, 1.54) is 5.56 Å². The number of ether oxygens (including phenoxy) is 1. The topological polar surface area (TPSA) is 56.1 Å². The van der Waals surface area contributed by atoms with Crippen LogP contribution in [0.3, 0.4) is 0 Å². The van der Waals surface area contributed by atoms with Gasteiger partial charge in [0.15, 0.2) is 6.61 Å². The number of amides is 1. The molecule has 1 amide bonds. The lowest BCUT2D eigenvalue weighted by Gasteiger charge is -2.13. The number of hydrogen-bond acceptors (Lipinski definition) is 3. The summed E-state index contributed by atoms with van der Waals surface area (Å²) < 4.78 is 7.56. The van der Waals surface area contributed by atoms with Crippen molar-refractivity contribution in [2.24, 2.45) is 0 Å². The third-order valence-electron chi connectivity index (χ3n) is 4.85. The SMILES string of the molecule is Cc1ccc(OCC(=O)Nc2c3c(nn2-c2ccccc2)CCC3)c(C)c1. The van der Waals surface area contributed by atoms with Crippen molar-refractivity contribution in [1.29, 1.82) is 0 Å². The van der Waals surface area contributed by atoms with Gasteiger partial charge in [-0.15, -0.1) is 0 Å². The summed E-state index contributed by atoms with van der Waals surface area (Å²) in [5.74, 6) is 1.32. The number of fused-ring (bicyclic) bond motifs is 1. The largest absolute Gasteiger partial charge is 0.483 e. The van der Waals surface area contributed by atoms with Crippen LogP contribution in [0.5, 0.6) is 5.75 Å². The van der Waals surface area contributed by atoms with Crippen molar-refractivity contribution < 1.29 is 9.53 Å². The maximum Gasteiger partial charge on any atom is 0.263 e. The molecule has 138 valence electrons. The fraction of sp³-hybridized carbons (Fsp3) is 0.273. The van der Waals surface area contributed by atoms with Gasteiger partial charge in [-0.2, -0.15) is 5.10 Å². The lowest BCUT2D eigenvalue weighted by Crippen LogP contribution is -2.22. The third kappa shape index (κ3) is 3.58. The summed E-state index contributed by atoms with van der Waals surface area (Å²) >= 11 is 0. The number of hydrogen-bond donors (Lipinski definition) is 1. The number of aryl methyl sites for hydroxylation is 3. The summed E-state index contributed by atoms with van der Waals surface area (Å²) in [5, 5.41) is 7.74. The van der Waals surface area contributed by atoms with Crippen LogP contribution < -0.4 is 10.1 Å². The van der Waals surface area contributed by atoms with Crippen molar-refractivity contribution in [1.82, 2.24) is 9.78 Å². The van der Waals surface area contributed by atoms with Crippen LogP contribution in [0.1, 0.15) is 28.8 Å². The van der Waals surface area contributed by atoms with E-state index in [2.05, 4.69) is 5.32 Å². The zero-order chi connectivity index (χ0) is 18.8. The highest BCUT2D eigenvalue weighted by molar-refractivity contribution is 5.92. The Balaban J connectivity index is 1.53. The summed E-state index contributed by atoms with van der Waals surface area (Å²) in [4.78, 5) is 12.6. The average molecular weight is 361 g/mol. The summed E-state index contributed by atoms with van der Waals surface area (Å²) in [5.41, 5.74) is 5.35. The van der Waals surface area contributed by atoms with Crippen LogP contribution in [0.25, 0.3) is 5.69 Å². The molecule has 0 unspecified atom stereocenters. The predicted octanol–water partition coefficient (Wildman–Crippen LogP) is 4.00. The van der Waals surface area contributed by atoms with Crippen LogP contribution in [0.4, 0.5) is 5.82 Å². The van der Waals surface area contributed by atoms with E-state index >= 15 is 0 Å². The van der Waals surface area contributed by atoms with Gasteiger partial charge in [-0.05, 0) is 56.9 Å². The summed E-state index contributed by atoms with van der Waals surface area (Å²) in [6.07, 6.45) is 2.97. The van der Waals surface area contributed by atoms with E-state index in [1.54, 1.807) is 0 Å². The molecule has 1 N–H and O–H groups in total. The Morgan fingerprint density at radius 3 is 2.74 bits per heavy atom. The Bertz CT molecular complexity index is 977. The second kappa shape index (κ2) is 7.27. The molecule has 0 saturated carbocycles. The minimum atomic E-state index is -0.179. The lowest BCUT2D eigenvalue weighted by atomic mass is 10.1.